The molecule has 1 saturated heterocycles. The second-order valence-electron chi connectivity index (χ2n) is 6.68. The lowest BCUT2D eigenvalue weighted by molar-refractivity contribution is 0.371. The zero-order valence-corrected chi connectivity index (χ0v) is 16.4. The van der Waals surface area contributed by atoms with E-state index in [0.717, 1.165) is 62.0 Å². The maximum Gasteiger partial charge on any atom is 0.205 e. The second-order valence-corrected chi connectivity index (χ2v) is 7.41. The molecule has 0 spiro atoms. The molecule has 136 valence electrons. The lowest BCUT2D eigenvalue weighted by Gasteiger charge is -2.36. The fourth-order valence-electron chi connectivity index (χ4n) is 2.84. The molecular weight excluding hydrogens is 320 g/mol. The standard InChI is InChI=1S/C17H32N6S/c1-5-15-20-17(24-21-15)23-12-10-22(11-13-23)16(18-4)19-9-7-6-8-14(2)3/h14H,5-13H2,1-4H3,(H,18,19). The summed E-state index contributed by atoms with van der Waals surface area (Å²) in [5, 5.41) is 4.57. The van der Waals surface area contributed by atoms with E-state index < -0.39 is 0 Å². The molecule has 24 heavy (non-hydrogen) atoms. The lowest BCUT2D eigenvalue weighted by Crippen LogP contribution is -2.52. The van der Waals surface area contributed by atoms with E-state index in [1.54, 1.807) is 0 Å². The number of hydrogen-bond donors (Lipinski definition) is 1. The van der Waals surface area contributed by atoms with Gasteiger partial charge in [0.05, 0.1) is 0 Å². The Bertz CT molecular complexity index is 505. The summed E-state index contributed by atoms with van der Waals surface area (Å²) in [5.41, 5.74) is 0. The molecule has 0 bridgehead atoms. The van der Waals surface area contributed by atoms with Crippen molar-refractivity contribution in [2.45, 2.75) is 46.5 Å². The van der Waals surface area contributed by atoms with Gasteiger partial charge in [-0.2, -0.15) is 4.37 Å². The number of hydrogen-bond acceptors (Lipinski definition) is 5. The van der Waals surface area contributed by atoms with Gasteiger partial charge in [0.15, 0.2) is 5.96 Å². The van der Waals surface area contributed by atoms with Gasteiger partial charge in [-0.3, -0.25) is 4.99 Å². The Morgan fingerprint density at radius 2 is 2.00 bits per heavy atom. The van der Waals surface area contributed by atoms with Crippen LogP contribution in [0.4, 0.5) is 5.13 Å². The van der Waals surface area contributed by atoms with E-state index in [2.05, 4.69) is 50.2 Å². The van der Waals surface area contributed by atoms with Crippen LogP contribution < -0.4 is 10.2 Å². The SMILES string of the molecule is CCc1nsc(N2CCN(C(=NC)NCCCCC(C)C)CC2)n1. The van der Waals surface area contributed by atoms with Crippen molar-refractivity contribution in [1.82, 2.24) is 19.6 Å². The molecule has 7 heteroatoms. The highest BCUT2D eigenvalue weighted by molar-refractivity contribution is 7.09. The Morgan fingerprint density at radius 3 is 2.58 bits per heavy atom. The van der Waals surface area contributed by atoms with Crippen LogP contribution in [0.25, 0.3) is 0 Å². The van der Waals surface area contributed by atoms with Crippen molar-refractivity contribution < 1.29 is 0 Å². The minimum absolute atomic E-state index is 0.797. The molecule has 1 aromatic heterocycles. The molecular formula is C17H32N6S. The zero-order valence-electron chi connectivity index (χ0n) is 15.6. The third-order valence-electron chi connectivity index (χ3n) is 4.33. The Hall–Kier alpha value is -1.37. The maximum absolute atomic E-state index is 4.60. The highest BCUT2D eigenvalue weighted by atomic mass is 32.1. The van der Waals surface area contributed by atoms with E-state index in [-0.39, 0.29) is 0 Å². The molecule has 0 radical (unpaired) electrons. The summed E-state index contributed by atoms with van der Waals surface area (Å²) in [6, 6.07) is 0. The molecule has 0 saturated carbocycles. The number of nitrogens with zero attached hydrogens (tertiary/aromatic N) is 5. The van der Waals surface area contributed by atoms with Crippen molar-refractivity contribution in [3.05, 3.63) is 5.82 Å². The molecule has 1 N–H and O–H groups in total. The van der Waals surface area contributed by atoms with Crippen LogP contribution in [0, 0.1) is 5.92 Å². The Balaban J connectivity index is 1.73. The fourth-order valence-corrected chi connectivity index (χ4v) is 3.64. The third-order valence-corrected chi connectivity index (χ3v) is 5.14. The van der Waals surface area contributed by atoms with Gasteiger partial charge in [0.2, 0.25) is 5.13 Å². The number of unbranched alkanes of at least 4 members (excludes halogenated alkanes) is 1. The number of nitrogens with one attached hydrogen (secondary N) is 1. The van der Waals surface area contributed by atoms with Crippen LogP contribution >= 0.6 is 11.5 Å². The number of aliphatic imine (C=N–C) groups is 1. The van der Waals surface area contributed by atoms with Gasteiger partial charge in [0, 0.05) is 57.7 Å². The van der Waals surface area contributed by atoms with Gasteiger partial charge in [-0.15, -0.1) is 0 Å². The normalized spacial score (nSPS) is 16.1. The lowest BCUT2D eigenvalue weighted by atomic mass is 10.1. The molecule has 0 unspecified atom stereocenters. The molecule has 1 aliphatic heterocycles. The molecule has 2 heterocycles. The minimum Gasteiger partial charge on any atom is -0.356 e. The van der Waals surface area contributed by atoms with Crippen LogP contribution in [0.3, 0.4) is 0 Å². The fraction of sp³-hybridized carbons (Fsp3) is 0.824. The monoisotopic (exact) mass is 352 g/mol. The third kappa shape index (κ3) is 5.61. The number of aromatic nitrogens is 2. The number of rotatable bonds is 7. The van der Waals surface area contributed by atoms with Gasteiger partial charge in [0.1, 0.15) is 5.82 Å². The van der Waals surface area contributed by atoms with Crippen molar-refractivity contribution in [2.24, 2.45) is 10.9 Å². The molecule has 1 fully saturated rings. The first-order valence-corrected chi connectivity index (χ1v) is 9.94. The van der Waals surface area contributed by atoms with E-state index in [0.29, 0.717) is 0 Å². The molecule has 0 aromatic carbocycles. The molecule has 6 nitrogen and oxygen atoms in total. The second kappa shape index (κ2) is 9.81. The van der Waals surface area contributed by atoms with Crippen molar-refractivity contribution in [3.63, 3.8) is 0 Å². The van der Waals surface area contributed by atoms with Crippen LogP contribution in [0.15, 0.2) is 4.99 Å². The van der Waals surface area contributed by atoms with Gasteiger partial charge < -0.3 is 15.1 Å². The highest BCUT2D eigenvalue weighted by Crippen LogP contribution is 2.19. The summed E-state index contributed by atoms with van der Waals surface area (Å²) in [4.78, 5) is 13.7. The quantitative estimate of drug-likeness (QED) is 0.464. The number of guanidine groups is 1. The van der Waals surface area contributed by atoms with Crippen LogP contribution in [0.2, 0.25) is 0 Å². The van der Waals surface area contributed by atoms with Gasteiger partial charge in [0.25, 0.3) is 0 Å². The number of piperazine rings is 1. The summed E-state index contributed by atoms with van der Waals surface area (Å²) in [7, 11) is 1.88. The van der Waals surface area contributed by atoms with E-state index in [4.69, 9.17) is 0 Å². The molecule has 2 rings (SSSR count). The summed E-state index contributed by atoms with van der Waals surface area (Å²) in [6.45, 7) is 11.6. The average Bonchev–Trinajstić information content (AvgIpc) is 3.07. The van der Waals surface area contributed by atoms with Crippen LogP contribution in [0.1, 0.15) is 45.9 Å². The van der Waals surface area contributed by atoms with Gasteiger partial charge in [-0.1, -0.05) is 33.6 Å². The largest absolute Gasteiger partial charge is 0.356 e. The Labute approximate surface area is 150 Å². The number of anilines is 1. The summed E-state index contributed by atoms with van der Waals surface area (Å²) in [5.74, 6) is 2.79. The van der Waals surface area contributed by atoms with Crippen molar-refractivity contribution in [1.29, 1.82) is 0 Å². The van der Waals surface area contributed by atoms with Crippen LogP contribution in [-0.4, -0.2) is 60.0 Å². The van der Waals surface area contributed by atoms with Gasteiger partial charge in [-0.05, 0) is 12.3 Å². The number of aryl methyl sites for hydroxylation is 1. The highest BCUT2D eigenvalue weighted by Gasteiger charge is 2.21. The van der Waals surface area contributed by atoms with Crippen molar-refractivity contribution in [3.8, 4) is 0 Å². The van der Waals surface area contributed by atoms with E-state index in [1.807, 2.05) is 7.05 Å². The van der Waals surface area contributed by atoms with Crippen molar-refractivity contribution >= 4 is 22.6 Å². The first-order chi connectivity index (χ1) is 11.6. The average molecular weight is 353 g/mol. The Kier molecular flexibility index (Phi) is 7.75. The van der Waals surface area contributed by atoms with Crippen LogP contribution in [-0.2, 0) is 6.42 Å². The van der Waals surface area contributed by atoms with Crippen molar-refractivity contribution in [2.75, 3.05) is 44.7 Å². The predicted molar refractivity (Wildman–Crippen MR) is 103 cm³/mol. The summed E-state index contributed by atoms with van der Waals surface area (Å²) < 4.78 is 4.39. The smallest absolute Gasteiger partial charge is 0.205 e. The minimum atomic E-state index is 0.797. The topological polar surface area (TPSA) is 56.7 Å². The predicted octanol–water partition coefficient (Wildman–Crippen LogP) is 2.62. The Morgan fingerprint density at radius 1 is 1.25 bits per heavy atom. The summed E-state index contributed by atoms with van der Waals surface area (Å²) in [6.07, 6.45) is 4.71. The molecule has 0 amide bonds. The summed E-state index contributed by atoms with van der Waals surface area (Å²) >= 11 is 1.52. The van der Waals surface area contributed by atoms with E-state index >= 15 is 0 Å². The van der Waals surface area contributed by atoms with Gasteiger partial charge in [-0.25, -0.2) is 4.98 Å². The van der Waals surface area contributed by atoms with E-state index in [9.17, 15) is 0 Å². The molecule has 0 atom stereocenters. The van der Waals surface area contributed by atoms with Gasteiger partial charge >= 0.3 is 0 Å². The molecule has 1 aromatic rings. The first kappa shape index (κ1) is 19.0. The molecule has 0 aliphatic carbocycles. The zero-order chi connectivity index (χ0) is 17.4. The van der Waals surface area contributed by atoms with Crippen LogP contribution in [0.5, 0.6) is 0 Å². The van der Waals surface area contributed by atoms with E-state index in [1.165, 1.54) is 30.8 Å². The maximum atomic E-state index is 4.60. The first-order valence-electron chi connectivity index (χ1n) is 9.17. The molecule has 1 aliphatic rings.